The summed E-state index contributed by atoms with van der Waals surface area (Å²) in [4.78, 5) is 0.770. The molecule has 0 aromatic heterocycles. The first-order chi connectivity index (χ1) is 6.15. The van der Waals surface area contributed by atoms with Crippen molar-refractivity contribution < 1.29 is 5.11 Å². The number of thioether (sulfide) groups is 1. The molecule has 72 valence electrons. The van der Waals surface area contributed by atoms with Crippen molar-refractivity contribution in [2.24, 2.45) is 0 Å². The Balaban J connectivity index is 2.92. The fourth-order valence-corrected chi connectivity index (χ4v) is 2.39. The second-order valence-electron chi connectivity index (χ2n) is 2.39. The van der Waals surface area contributed by atoms with Gasteiger partial charge in [-0.2, -0.15) is 0 Å². The molecule has 0 radical (unpaired) electrons. The second-order valence-corrected chi connectivity index (χ2v) is 4.31. The largest absolute Gasteiger partial charge is 0.399 e. The van der Waals surface area contributed by atoms with Crippen LogP contribution in [0.25, 0.3) is 0 Å². The SMILES string of the molecule is Nc1cc(Cl)c(SCCO)c(Cl)c1. The molecule has 1 aromatic rings. The fourth-order valence-electron chi connectivity index (χ4n) is 0.865. The summed E-state index contributed by atoms with van der Waals surface area (Å²) in [6.07, 6.45) is 0. The average molecular weight is 238 g/mol. The molecule has 0 fully saturated rings. The fraction of sp³-hybridized carbons (Fsp3) is 0.250. The standard InChI is InChI=1S/C8H9Cl2NOS/c9-6-3-5(11)4-7(10)8(6)13-2-1-12/h3-4,12H,1-2,11H2. The van der Waals surface area contributed by atoms with Crippen LogP contribution in [0.5, 0.6) is 0 Å². The highest BCUT2D eigenvalue weighted by Gasteiger charge is 2.07. The summed E-state index contributed by atoms with van der Waals surface area (Å²) in [5.74, 6) is 0.573. The van der Waals surface area contributed by atoms with E-state index >= 15 is 0 Å². The van der Waals surface area contributed by atoms with Crippen LogP contribution in [0.1, 0.15) is 0 Å². The van der Waals surface area contributed by atoms with Crippen LogP contribution in [0.3, 0.4) is 0 Å². The Morgan fingerprint density at radius 1 is 1.31 bits per heavy atom. The van der Waals surface area contributed by atoms with Gasteiger partial charge in [0.1, 0.15) is 0 Å². The molecule has 2 nitrogen and oxygen atoms in total. The molecule has 0 atom stereocenters. The van der Waals surface area contributed by atoms with Crippen molar-refractivity contribution in [1.29, 1.82) is 0 Å². The van der Waals surface area contributed by atoms with Crippen LogP contribution in [-0.2, 0) is 0 Å². The molecule has 0 aliphatic heterocycles. The van der Waals surface area contributed by atoms with Gasteiger partial charge in [-0.15, -0.1) is 11.8 Å². The number of aliphatic hydroxyl groups is 1. The van der Waals surface area contributed by atoms with Gasteiger partial charge in [0.25, 0.3) is 0 Å². The number of nitrogen functional groups attached to an aromatic ring is 1. The maximum Gasteiger partial charge on any atom is 0.0577 e. The number of benzene rings is 1. The van der Waals surface area contributed by atoms with Crippen molar-refractivity contribution >= 4 is 40.7 Å². The second kappa shape index (κ2) is 4.96. The molecule has 0 aliphatic rings. The van der Waals surface area contributed by atoms with E-state index in [1.807, 2.05) is 0 Å². The first-order valence-corrected chi connectivity index (χ1v) is 5.37. The number of halogens is 2. The summed E-state index contributed by atoms with van der Waals surface area (Å²) in [6.45, 7) is 0.0989. The third-order valence-electron chi connectivity index (χ3n) is 1.36. The van der Waals surface area contributed by atoms with Crippen LogP contribution in [0.15, 0.2) is 17.0 Å². The zero-order chi connectivity index (χ0) is 9.84. The van der Waals surface area contributed by atoms with E-state index in [0.717, 1.165) is 4.90 Å². The van der Waals surface area contributed by atoms with Crippen LogP contribution in [0.4, 0.5) is 5.69 Å². The van der Waals surface area contributed by atoms with Gasteiger partial charge in [-0.05, 0) is 12.1 Å². The van der Waals surface area contributed by atoms with E-state index in [0.29, 0.717) is 21.5 Å². The third-order valence-corrected chi connectivity index (χ3v) is 3.29. The van der Waals surface area contributed by atoms with E-state index in [1.54, 1.807) is 12.1 Å². The number of anilines is 1. The first-order valence-electron chi connectivity index (χ1n) is 3.63. The van der Waals surface area contributed by atoms with Gasteiger partial charge >= 0.3 is 0 Å². The van der Waals surface area contributed by atoms with Gasteiger partial charge in [0.15, 0.2) is 0 Å². The summed E-state index contributed by atoms with van der Waals surface area (Å²) in [5, 5.41) is 9.69. The van der Waals surface area contributed by atoms with E-state index in [2.05, 4.69) is 0 Å². The molecule has 0 amide bonds. The quantitative estimate of drug-likeness (QED) is 0.628. The maximum absolute atomic E-state index is 8.63. The molecule has 0 heterocycles. The van der Waals surface area contributed by atoms with Crippen molar-refractivity contribution in [3.63, 3.8) is 0 Å². The number of hydrogen-bond donors (Lipinski definition) is 2. The van der Waals surface area contributed by atoms with Crippen LogP contribution >= 0.6 is 35.0 Å². The molecule has 3 N–H and O–H groups in total. The summed E-state index contributed by atoms with van der Waals surface area (Å²) in [5.41, 5.74) is 6.07. The molecule has 0 saturated heterocycles. The van der Waals surface area contributed by atoms with Gasteiger partial charge in [-0.1, -0.05) is 23.2 Å². The lowest BCUT2D eigenvalue weighted by Gasteiger charge is -2.06. The van der Waals surface area contributed by atoms with Gasteiger partial charge in [0, 0.05) is 16.3 Å². The van der Waals surface area contributed by atoms with Crippen molar-refractivity contribution in [3.8, 4) is 0 Å². The van der Waals surface area contributed by atoms with Crippen LogP contribution in [-0.4, -0.2) is 17.5 Å². The lowest BCUT2D eigenvalue weighted by atomic mass is 10.3. The van der Waals surface area contributed by atoms with Crippen molar-refractivity contribution in [3.05, 3.63) is 22.2 Å². The molecule has 0 bridgehead atoms. The van der Waals surface area contributed by atoms with Crippen LogP contribution < -0.4 is 5.73 Å². The predicted molar refractivity (Wildman–Crippen MR) is 58.7 cm³/mol. The number of rotatable bonds is 3. The summed E-state index contributed by atoms with van der Waals surface area (Å²) in [6, 6.07) is 3.29. The van der Waals surface area contributed by atoms with Crippen LogP contribution in [0, 0.1) is 0 Å². The average Bonchev–Trinajstić information content (AvgIpc) is 2.02. The minimum Gasteiger partial charge on any atom is -0.399 e. The van der Waals surface area contributed by atoms with Gasteiger partial charge in [0.05, 0.1) is 16.7 Å². The molecule has 13 heavy (non-hydrogen) atoms. The Kier molecular flexibility index (Phi) is 4.19. The summed E-state index contributed by atoms with van der Waals surface area (Å²) >= 11 is 13.2. The van der Waals surface area contributed by atoms with Gasteiger partial charge in [0.2, 0.25) is 0 Å². The Labute approximate surface area is 91.0 Å². The maximum atomic E-state index is 8.63. The zero-order valence-corrected chi connectivity index (χ0v) is 9.09. The number of hydrogen-bond acceptors (Lipinski definition) is 3. The smallest absolute Gasteiger partial charge is 0.0577 e. The molecular formula is C8H9Cl2NOS. The molecule has 0 unspecified atom stereocenters. The normalized spacial score (nSPS) is 10.4. The Bertz CT molecular complexity index is 283. The Morgan fingerprint density at radius 2 is 1.85 bits per heavy atom. The monoisotopic (exact) mass is 237 g/mol. The minimum absolute atomic E-state index is 0.0989. The number of nitrogens with two attached hydrogens (primary N) is 1. The summed E-state index contributed by atoms with van der Waals surface area (Å²) in [7, 11) is 0. The lowest BCUT2D eigenvalue weighted by Crippen LogP contribution is -1.89. The first kappa shape index (κ1) is 11.0. The van der Waals surface area contributed by atoms with Crippen LogP contribution in [0.2, 0.25) is 10.0 Å². The minimum atomic E-state index is 0.0989. The topological polar surface area (TPSA) is 46.2 Å². The highest BCUT2D eigenvalue weighted by molar-refractivity contribution is 7.99. The zero-order valence-electron chi connectivity index (χ0n) is 6.76. The van der Waals surface area contributed by atoms with Crippen molar-refractivity contribution in [1.82, 2.24) is 0 Å². The molecule has 1 aromatic carbocycles. The summed E-state index contributed by atoms with van der Waals surface area (Å²) < 4.78 is 0. The molecular weight excluding hydrogens is 229 g/mol. The van der Waals surface area contributed by atoms with Gasteiger partial charge < -0.3 is 10.8 Å². The molecule has 0 saturated carbocycles. The number of aliphatic hydroxyl groups excluding tert-OH is 1. The Morgan fingerprint density at radius 3 is 2.31 bits per heavy atom. The highest BCUT2D eigenvalue weighted by atomic mass is 35.5. The molecule has 0 spiro atoms. The van der Waals surface area contributed by atoms with E-state index < -0.39 is 0 Å². The highest BCUT2D eigenvalue weighted by Crippen LogP contribution is 2.35. The molecule has 0 aliphatic carbocycles. The molecule has 5 heteroatoms. The Hall–Kier alpha value is -0.0900. The van der Waals surface area contributed by atoms with E-state index in [-0.39, 0.29) is 6.61 Å². The van der Waals surface area contributed by atoms with Crippen molar-refractivity contribution in [2.45, 2.75) is 4.90 Å². The van der Waals surface area contributed by atoms with E-state index in [4.69, 9.17) is 34.0 Å². The lowest BCUT2D eigenvalue weighted by molar-refractivity contribution is 0.322. The van der Waals surface area contributed by atoms with Gasteiger partial charge in [-0.3, -0.25) is 0 Å². The predicted octanol–water partition coefficient (Wildman–Crippen LogP) is 2.66. The van der Waals surface area contributed by atoms with E-state index in [9.17, 15) is 0 Å². The van der Waals surface area contributed by atoms with Gasteiger partial charge in [-0.25, -0.2) is 0 Å². The van der Waals surface area contributed by atoms with Crippen molar-refractivity contribution in [2.75, 3.05) is 18.1 Å². The third kappa shape index (κ3) is 2.95. The molecule has 1 rings (SSSR count). The van der Waals surface area contributed by atoms with E-state index in [1.165, 1.54) is 11.8 Å².